The van der Waals surface area contributed by atoms with E-state index in [1.807, 2.05) is 0 Å². The molecule has 1 fully saturated rings. The van der Waals surface area contributed by atoms with Crippen molar-refractivity contribution in [2.45, 2.75) is 65.5 Å². The van der Waals surface area contributed by atoms with Gasteiger partial charge in [-0.1, -0.05) is 39.8 Å². The van der Waals surface area contributed by atoms with Crippen LogP contribution in [0.4, 0.5) is 0 Å². The molecule has 2 rings (SSSR count). The smallest absolute Gasteiger partial charge is 0.123 e. The Hall–Kier alpha value is -1.02. The van der Waals surface area contributed by atoms with Gasteiger partial charge in [0.15, 0.2) is 0 Å². The van der Waals surface area contributed by atoms with Crippen molar-refractivity contribution in [1.29, 1.82) is 0 Å². The molecule has 1 aromatic carbocycles. The Kier molecular flexibility index (Phi) is 5.09. The summed E-state index contributed by atoms with van der Waals surface area (Å²) in [7, 11) is 0. The molecule has 2 heteroatoms. The van der Waals surface area contributed by atoms with Crippen molar-refractivity contribution in [2.75, 3.05) is 6.54 Å². The highest BCUT2D eigenvalue weighted by Gasteiger charge is 2.24. The van der Waals surface area contributed by atoms with Crippen LogP contribution < -0.4 is 10.1 Å². The maximum Gasteiger partial charge on any atom is 0.123 e. The summed E-state index contributed by atoms with van der Waals surface area (Å²) in [6, 6.07) is 7.31. The van der Waals surface area contributed by atoms with Crippen molar-refractivity contribution in [2.24, 2.45) is 5.92 Å². The van der Waals surface area contributed by atoms with Crippen LogP contribution in [-0.2, 0) is 0 Å². The van der Waals surface area contributed by atoms with Gasteiger partial charge >= 0.3 is 0 Å². The van der Waals surface area contributed by atoms with Crippen molar-refractivity contribution in [1.82, 2.24) is 5.32 Å². The van der Waals surface area contributed by atoms with Gasteiger partial charge in [0.25, 0.3) is 0 Å². The number of hydrogen-bond acceptors (Lipinski definition) is 2. The molecule has 0 spiro atoms. The maximum absolute atomic E-state index is 6.36. The molecule has 0 bridgehead atoms. The van der Waals surface area contributed by atoms with Gasteiger partial charge in [0.05, 0.1) is 0 Å². The summed E-state index contributed by atoms with van der Waals surface area (Å²) in [6.45, 7) is 12.0. The average Bonchev–Trinajstić information content (AvgIpc) is 3.17. The molecule has 1 saturated carbocycles. The van der Waals surface area contributed by atoms with Gasteiger partial charge in [-0.15, -0.1) is 0 Å². The van der Waals surface area contributed by atoms with E-state index in [4.69, 9.17) is 4.74 Å². The van der Waals surface area contributed by atoms with Crippen molar-refractivity contribution in [3.63, 3.8) is 0 Å². The Balaban J connectivity index is 2.09. The van der Waals surface area contributed by atoms with E-state index in [0.29, 0.717) is 11.8 Å². The number of benzene rings is 1. The lowest BCUT2D eigenvalue weighted by atomic mass is 10.00. The van der Waals surface area contributed by atoms with E-state index < -0.39 is 0 Å². The molecule has 1 N–H and O–H groups in total. The van der Waals surface area contributed by atoms with Gasteiger partial charge < -0.3 is 10.1 Å². The third-order valence-corrected chi connectivity index (χ3v) is 4.00. The first-order valence-corrected chi connectivity index (χ1v) is 7.98. The van der Waals surface area contributed by atoms with Gasteiger partial charge in [-0.2, -0.15) is 0 Å². The minimum Gasteiger partial charge on any atom is -0.489 e. The lowest BCUT2D eigenvalue weighted by Gasteiger charge is -2.25. The first-order chi connectivity index (χ1) is 9.47. The summed E-state index contributed by atoms with van der Waals surface area (Å²) in [5, 5.41) is 3.60. The maximum atomic E-state index is 6.36. The van der Waals surface area contributed by atoms with Crippen molar-refractivity contribution >= 4 is 0 Å². The molecule has 1 aliphatic carbocycles. The Morgan fingerprint density at radius 3 is 2.45 bits per heavy atom. The molecular formula is C18H29NO. The number of aryl methyl sites for hydroxylation is 1. The fraction of sp³-hybridized carbons (Fsp3) is 0.667. The van der Waals surface area contributed by atoms with E-state index in [9.17, 15) is 0 Å². The van der Waals surface area contributed by atoms with Gasteiger partial charge in [-0.25, -0.2) is 0 Å². The van der Waals surface area contributed by atoms with Gasteiger partial charge in [0, 0.05) is 12.6 Å². The van der Waals surface area contributed by atoms with Crippen molar-refractivity contribution in [3.05, 3.63) is 29.3 Å². The highest BCUT2D eigenvalue weighted by Crippen LogP contribution is 2.29. The topological polar surface area (TPSA) is 21.3 Å². The molecule has 0 amide bonds. The van der Waals surface area contributed by atoms with Crippen LogP contribution in [0.1, 0.15) is 57.6 Å². The average molecular weight is 275 g/mol. The Morgan fingerprint density at radius 2 is 1.90 bits per heavy atom. The van der Waals surface area contributed by atoms with E-state index >= 15 is 0 Å². The van der Waals surface area contributed by atoms with Crippen molar-refractivity contribution < 1.29 is 4.74 Å². The third-order valence-electron chi connectivity index (χ3n) is 4.00. The van der Waals surface area contributed by atoms with E-state index in [2.05, 4.69) is 58.1 Å². The molecule has 20 heavy (non-hydrogen) atoms. The quantitative estimate of drug-likeness (QED) is 0.802. The Bertz CT molecular complexity index is 435. The molecule has 1 unspecified atom stereocenters. The zero-order valence-electron chi connectivity index (χ0n) is 13.6. The van der Waals surface area contributed by atoms with Crippen LogP contribution >= 0.6 is 0 Å². The zero-order chi connectivity index (χ0) is 14.7. The molecule has 0 aromatic heterocycles. The zero-order valence-corrected chi connectivity index (χ0v) is 13.6. The van der Waals surface area contributed by atoms with Crippen LogP contribution in [0, 0.1) is 12.8 Å². The van der Waals surface area contributed by atoms with Gasteiger partial charge in [-0.05, 0) is 48.8 Å². The number of nitrogens with one attached hydrogen (secondary N) is 1. The highest BCUT2D eigenvalue weighted by atomic mass is 16.5. The van der Waals surface area contributed by atoms with Gasteiger partial charge in [0.1, 0.15) is 11.9 Å². The van der Waals surface area contributed by atoms with Crippen LogP contribution in [0.25, 0.3) is 0 Å². The predicted molar refractivity (Wildman–Crippen MR) is 85.5 cm³/mol. The van der Waals surface area contributed by atoms with E-state index in [1.165, 1.54) is 24.0 Å². The molecule has 0 aliphatic heterocycles. The van der Waals surface area contributed by atoms with Crippen LogP contribution in [0.15, 0.2) is 18.2 Å². The SMILES string of the molecule is Cc1ccc(C(C)C)c(OC(CNC2CC2)C(C)C)c1. The molecule has 1 atom stereocenters. The van der Waals surface area contributed by atoms with Gasteiger partial charge in [-0.3, -0.25) is 0 Å². The molecule has 112 valence electrons. The predicted octanol–water partition coefficient (Wildman–Crippen LogP) is 4.27. The largest absolute Gasteiger partial charge is 0.489 e. The molecular weight excluding hydrogens is 246 g/mol. The van der Waals surface area contributed by atoms with Gasteiger partial charge in [0.2, 0.25) is 0 Å². The summed E-state index contributed by atoms with van der Waals surface area (Å²) in [4.78, 5) is 0. The van der Waals surface area contributed by atoms with E-state index in [0.717, 1.165) is 18.3 Å². The monoisotopic (exact) mass is 275 g/mol. The normalized spacial score (nSPS) is 16.8. The minimum atomic E-state index is 0.245. The van der Waals surface area contributed by atoms with Crippen LogP contribution in [-0.4, -0.2) is 18.7 Å². The third kappa shape index (κ3) is 4.24. The molecule has 0 saturated heterocycles. The number of hydrogen-bond donors (Lipinski definition) is 1. The van der Waals surface area contributed by atoms with E-state index in [-0.39, 0.29) is 6.10 Å². The number of ether oxygens (including phenoxy) is 1. The Labute approximate surface area is 123 Å². The summed E-state index contributed by atoms with van der Waals surface area (Å²) >= 11 is 0. The summed E-state index contributed by atoms with van der Waals surface area (Å²) < 4.78 is 6.36. The molecule has 0 heterocycles. The second-order valence-corrected chi connectivity index (χ2v) is 6.78. The molecule has 2 nitrogen and oxygen atoms in total. The van der Waals surface area contributed by atoms with Crippen LogP contribution in [0.5, 0.6) is 5.75 Å². The van der Waals surface area contributed by atoms with E-state index in [1.54, 1.807) is 0 Å². The lowest BCUT2D eigenvalue weighted by Crippen LogP contribution is -2.36. The fourth-order valence-electron chi connectivity index (χ4n) is 2.37. The molecule has 1 aromatic rings. The molecule has 1 aliphatic rings. The fourth-order valence-corrected chi connectivity index (χ4v) is 2.37. The number of rotatable bonds is 7. The Morgan fingerprint density at radius 1 is 1.20 bits per heavy atom. The minimum absolute atomic E-state index is 0.245. The van der Waals surface area contributed by atoms with Crippen LogP contribution in [0.2, 0.25) is 0 Å². The van der Waals surface area contributed by atoms with Crippen LogP contribution in [0.3, 0.4) is 0 Å². The summed E-state index contributed by atoms with van der Waals surface area (Å²) in [6.07, 6.45) is 2.90. The standard InChI is InChI=1S/C18H29NO/c1-12(2)16-9-6-14(5)10-17(16)20-18(13(3)4)11-19-15-7-8-15/h6,9-10,12-13,15,18-19H,7-8,11H2,1-5H3. The first-order valence-electron chi connectivity index (χ1n) is 7.98. The highest BCUT2D eigenvalue weighted by molar-refractivity contribution is 5.39. The first kappa shape index (κ1) is 15.4. The second-order valence-electron chi connectivity index (χ2n) is 6.78. The summed E-state index contributed by atoms with van der Waals surface area (Å²) in [5.41, 5.74) is 2.58. The second kappa shape index (κ2) is 6.62. The van der Waals surface area contributed by atoms with Crippen molar-refractivity contribution in [3.8, 4) is 5.75 Å². The summed E-state index contributed by atoms with van der Waals surface area (Å²) in [5.74, 6) is 2.08. The molecule has 0 radical (unpaired) electrons. The lowest BCUT2D eigenvalue weighted by molar-refractivity contribution is 0.146.